The van der Waals surface area contributed by atoms with Gasteiger partial charge in [0.25, 0.3) is 0 Å². The van der Waals surface area contributed by atoms with Gasteiger partial charge in [-0.25, -0.2) is 0 Å². The molecular weight excluding hydrogens is 739 g/mol. The quantitative estimate of drug-likeness (QED) is 0.164. The van der Waals surface area contributed by atoms with Gasteiger partial charge in [0.2, 0.25) is 6.71 Å². The second-order valence-electron chi connectivity index (χ2n) is 17.9. The van der Waals surface area contributed by atoms with Gasteiger partial charge < -0.3 is 9.13 Å². The normalized spacial score (nSPS) is 12.8. The lowest BCUT2D eigenvalue weighted by Crippen LogP contribution is -2.57. The Morgan fingerprint density at radius 1 is 0.443 bits per heavy atom. The van der Waals surface area contributed by atoms with Crippen molar-refractivity contribution in [3.63, 3.8) is 0 Å². The van der Waals surface area contributed by atoms with Gasteiger partial charge in [0.15, 0.2) is 0 Å². The number of hydrogen-bond donors (Lipinski definition) is 0. The van der Waals surface area contributed by atoms with E-state index in [9.17, 15) is 10.5 Å². The Morgan fingerprint density at radius 3 is 1.30 bits per heavy atom. The molecule has 4 heterocycles. The van der Waals surface area contributed by atoms with Crippen LogP contribution >= 0.6 is 0 Å². The molecule has 2 aliphatic heterocycles. The lowest BCUT2D eigenvalue weighted by Gasteiger charge is -2.36. The van der Waals surface area contributed by atoms with Gasteiger partial charge in [-0.2, -0.15) is 10.5 Å². The van der Waals surface area contributed by atoms with Gasteiger partial charge in [0.1, 0.15) is 0 Å². The third-order valence-electron chi connectivity index (χ3n) is 13.7. The molecule has 0 bridgehead atoms. The second-order valence-corrected chi connectivity index (χ2v) is 17.9. The Labute approximate surface area is 352 Å². The van der Waals surface area contributed by atoms with Gasteiger partial charge in [-0.3, -0.25) is 0 Å². The second kappa shape index (κ2) is 11.9. The van der Waals surface area contributed by atoms with Gasteiger partial charge in [-0.1, -0.05) is 122 Å². The summed E-state index contributed by atoms with van der Waals surface area (Å²) in [5.74, 6) is 0. The summed E-state index contributed by atoms with van der Waals surface area (Å²) in [6, 6.07) is 62.0. The van der Waals surface area contributed by atoms with E-state index in [1.807, 2.05) is 24.3 Å². The average Bonchev–Trinajstić information content (AvgIpc) is 3.81. The van der Waals surface area contributed by atoms with Crippen molar-refractivity contribution in [2.24, 2.45) is 0 Å². The molecule has 282 valence electrons. The summed E-state index contributed by atoms with van der Waals surface area (Å²) in [6.07, 6.45) is 0. The predicted molar refractivity (Wildman–Crippen MR) is 254 cm³/mol. The molecule has 0 saturated heterocycles. The van der Waals surface area contributed by atoms with Crippen molar-refractivity contribution in [2.45, 2.75) is 26.2 Å². The van der Waals surface area contributed by atoms with Crippen LogP contribution in [0.25, 0.3) is 98.8 Å². The Bertz CT molecular complexity index is 3620. The molecule has 0 unspecified atom stereocenters. The highest BCUT2D eigenvalue weighted by Crippen LogP contribution is 2.48. The van der Waals surface area contributed by atoms with Crippen LogP contribution in [-0.4, -0.2) is 15.8 Å². The molecule has 9 aromatic carbocycles. The SMILES string of the molecule is CC(C)(C)c1cc2c3c(c1)-c1cc4c5ccccc5n(-c5ccc(C#N)cc5)c4c4cccc(c14)B3c1cccc3c1c-2cc1c2ccccc2n(-c2ccc(C#N)cc2)c31. The zero-order valence-corrected chi connectivity index (χ0v) is 33.9. The number of benzene rings is 9. The van der Waals surface area contributed by atoms with Crippen molar-refractivity contribution in [1.82, 2.24) is 9.13 Å². The van der Waals surface area contributed by atoms with Crippen LogP contribution in [-0.2, 0) is 5.41 Å². The standard InChI is InChI=1S/C56H35BN4/c1-56(2,3)34-26-43-41-28-45-37-10-4-6-16-49(37)60(35-22-18-32(30-58)19-23-35)54(45)39-12-8-14-47(51(39)41)57-48-15-9-13-40-52(48)42(44(27-34)53(43)57)29-46-38-11-5-7-17-50(38)61(55(40)46)36-24-20-33(31-59)21-25-36/h4-29H,1-3H3. The van der Waals surface area contributed by atoms with Gasteiger partial charge in [0, 0.05) is 43.7 Å². The maximum Gasteiger partial charge on any atom is 0.244 e. The van der Waals surface area contributed by atoms with Gasteiger partial charge in [-0.15, -0.1) is 0 Å². The van der Waals surface area contributed by atoms with Crippen molar-refractivity contribution in [3.05, 3.63) is 174 Å². The molecule has 0 atom stereocenters. The van der Waals surface area contributed by atoms with Crippen LogP contribution in [0.2, 0.25) is 0 Å². The molecule has 11 aromatic rings. The predicted octanol–water partition coefficient (Wildman–Crippen LogP) is 11.7. The summed E-state index contributed by atoms with van der Waals surface area (Å²) < 4.78 is 4.80. The van der Waals surface area contributed by atoms with E-state index < -0.39 is 0 Å². The minimum absolute atomic E-state index is 0.0156. The number of aromatic nitrogens is 2. The number of fused-ring (bicyclic) bond motifs is 12. The van der Waals surface area contributed by atoms with Crippen LogP contribution < -0.4 is 16.4 Å². The molecule has 0 spiro atoms. The summed E-state index contributed by atoms with van der Waals surface area (Å²) in [7, 11) is 0. The highest BCUT2D eigenvalue weighted by molar-refractivity contribution is 7.01. The minimum atomic E-state index is -0.0986. The fourth-order valence-corrected chi connectivity index (χ4v) is 11.1. The fourth-order valence-electron chi connectivity index (χ4n) is 11.1. The minimum Gasteiger partial charge on any atom is -0.309 e. The van der Waals surface area contributed by atoms with E-state index in [0.29, 0.717) is 11.1 Å². The Hall–Kier alpha value is -7.86. The number of hydrogen-bond acceptors (Lipinski definition) is 2. The van der Waals surface area contributed by atoms with Crippen molar-refractivity contribution in [1.29, 1.82) is 10.5 Å². The number of para-hydroxylation sites is 2. The molecule has 2 aromatic heterocycles. The molecule has 4 nitrogen and oxygen atoms in total. The molecular formula is C56H35BN4. The van der Waals surface area contributed by atoms with E-state index in [2.05, 4.69) is 176 Å². The fraction of sp³-hybridized carbons (Fsp3) is 0.0714. The zero-order valence-electron chi connectivity index (χ0n) is 33.9. The molecule has 0 N–H and O–H groups in total. The van der Waals surface area contributed by atoms with Crippen LogP contribution in [0.5, 0.6) is 0 Å². The third kappa shape index (κ3) is 4.42. The van der Waals surface area contributed by atoms with Crippen LogP contribution in [0.3, 0.4) is 0 Å². The molecule has 0 radical (unpaired) electrons. The van der Waals surface area contributed by atoms with Crippen molar-refractivity contribution >= 4 is 88.3 Å². The molecule has 5 heteroatoms. The largest absolute Gasteiger partial charge is 0.309 e. The maximum absolute atomic E-state index is 9.68. The lowest BCUT2D eigenvalue weighted by molar-refractivity contribution is 0.591. The molecule has 0 amide bonds. The molecule has 13 rings (SSSR count). The van der Waals surface area contributed by atoms with E-state index in [0.717, 1.165) is 22.4 Å². The monoisotopic (exact) mass is 774 g/mol. The Kier molecular flexibility index (Phi) is 6.63. The number of nitriles is 2. The van der Waals surface area contributed by atoms with E-state index in [1.165, 1.54) is 98.3 Å². The van der Waals surface area contributed by atoms with Crippen LogP contribution in [0.1, 0.15) is 37.5 Å². The molecule has 61 heavy (non-hydrogen) atoms. The Balaban J connectivity index is 1.20. The molecule has 2 aliphatic rings. The summed E-state index contributed by atoms with van der Waals surface area (Å²) in [4.78, 5) is 0. The number of rotatable bonds is 2. The van der Waals surface area contributed by atoms with Crippen LogP contribution in [0, 0.1) is 22.7 Å². The van der Waals surface area contributed by atoms with E-state index in [-0.39, 0.29) is 12.1 Å². The van der Waals surface area contributed by atoms with Crippen LogP contribution in [0.15, 0.2) is 158 Å². The smallest absolute Gasteiger partial charge is 0.244 e. The van der Waals surface area contributed by atoms with Crippen molar-refractivity contribution in [3.8, 4) is 45.8 Å². The first kappa shape index (κ1) is 34.1. The van der Waals surface area contributed by atoms with Crippen molar-refractivity contribution in [2.75, 3.05) is 0 Å². The van der Waals surface area contributed by atoms with E-state index in [4.69, 9.17) is 0 Å². The highest BCUT2D eigenvalue weighted by atomic mass is 15.0. The highest BCUT2D eigenvalue weighted by Gasteiger charge is 2.40. The summed E-state index contributed by atoms with van der Waals surface area (Å²) >= 11 is 0. The molecule has 0 fully saturated rings. The van der Waals surface area contributed by atoms with Gasteiger partial charge in [0.05, 0.1) is 45.3 Å². The Morgan fingerprint density at radius 2 is 0.869 bits per heavy atom. The number of nitrogens with zero attached hydrogens (tertiary/aromatic N) is 4. The van der Waals surface area contributed by atoms with E-state index in [1.54, 1.807) is 0 Å². The topological polar surface area (TPSA) is 57.4 Å². The molecule has 0 aliphatic carbocycles. The molecule has 0 saturated carbocycles. The first-order chi connectivity index (χ1) is 29.8. The van der Waals surface area contributed by atoms with Crippen molar-refractivity contribution < 1.29 is 0 Å². The summed E-state index contributed by atoms with van der Waals surface area (Å²) in [5.41, 5.74) is 18.5. The first-order valence-corrected chi connectivity index (χ1v) is 21.0. The summed E-state index contributed by atoms with van der Waals surface area (Å²) in [5, 5.41) is 29.3. The van der Waals surface area contributed by atoms with Crippen LogP contribution in [0.4, 0.5) is 0 Å². The zero-order chi connectivity index (χ0) is 40.9. The lowest BCUT2D eigenvalue weighted by atomic mass is 9.31. The van der Waals surface area contributed by atoms with Gasteiger partial charge in [-0.05, 0) is 117 Å². The first-order valence-electron chi connectivity index (χ1n) is 21.0. The van der Waals surface area contributed by atoms with Gasteiger partial charge >= 0.3 is 0 Å². The maximum atomic E-state index is 9.68. The third-order valence-corrected chi connectivity index (χ3v) is 13.7. The summed E-state index contributed by atoms with van der Waals surface area (Å²) in [6.45, 7) is 7.02. The van der Waals surface area contributed by atoms with E-state index >= 15 is 0 Å². The average molecular weight is 775 g/mol.